The maximum atomic E-state index is 9.12. The zero-order valence-corrected chi connectivity index (χ0v) is 9.90. The van der Waals surface area contributed by atoms with Crippen molar-refractivity contribution in [2.75, 3.05) is 7.11 Å². The molecule has 0 aromatic heterocycles. The van der Waals surface area contributed by atoms with Gasteiger partial charge in [-0.2, -0.15) is 5.26 Å². The summed E-state index contributed by atoms with van der Waals surface area (Å²) >= 11 is 0. The summed E-state index contributed by atoms with van der Waals surface area (Å²) in [4.78, 5) is 0. The van der Waals surface area contributed by atoms with E-state index in [0.29, 0.717) is 5.56 Å². The molecule has 2 nitrogen and oxygen atoms in total. The molecule has 0 bridgehead atoms. The van der Waals surface area contributed by atoms with Gasteiger partial charge in [0.25, 0.3) is 0 Å². The van der Waals surface area contributed by atoms with Crippen LogP contribution in [0.5, 0.6) is 5.75 Å². The van der Waals surface area contributed by atoms with Crippen LogP contribution in [0.2, 0.25) is 0 Å². The highest BCUT2D eigenvalue weighted by molar-refractivity contribution is 5.72. The minimum Gasteiger partial charge on any atom is -0.497 e. The first-order valence-corrected chi connectivity index (χ1v) is 5.40. The van der Waals surface area contributed by atoms with E-state index in [1.54, 1.807) is 7.11 Å². The standard InChI is InChI=1S/C15H13NO/c1-11-6-7-13(10-16)15(8-11)12-4-3-5-14(9-12)17-2/h3-9H,1-2H3. The van der Waals surface area contributed by atoms with Crippen LogP contribution >= 0.6 is 0 Å². The predicted octanol–water partition coefficient (Wildman–Crippen LogP) is 3.54. The summed E-state index contributed by atoms with van der Waals surface area (Å²) in [5.41, 5.74) is 3.78. The van der Waals surface area contributed by atoms with Gasteiger partial charge in [-0.1, -0.05) is 29.8 Å². The summed E-state index contributed by atoms with van der Waals surface area (Å²) in [6.07, 6.45) is 0. The minimum atomic E-state index is 0.684. The van der Waals surface area contributed by atoms with Crippen LogP contribution in [0.15, 0.2) is 42.5 Å². The van der Waals surface area contributed by atoms with E-state index in [9.17, 15) is 0 Å². The fourth-order valence-electron chi connectivity index (χ4n) is 1.79. The molecule has 0 radical (unpaired) electrons. The van der Waals surface area contributed by atoms with Crippen LogP contribution in [-0.2, 0) is 0 Å². The van der Waals surface area contributed by atoms with Gasteiger partial charge in [0, 0.05) is 0 Å². The molecule has 0 saturated carbocycles. The van der Waals surface area contributed by atoms with Crippen molar-refractivity contribution in [1.29, 1.82) is 5.26 Å². The topological polar surface area (TPSA) is 33.0 Å². The van der Waals surface area contributed by atoms with Crippen LogP contribution in [0.25, 0.3) is 11.1 Å². The van der Waals surface area contributed by atoms with Crippen molar-refractivity contribution in [1.82, 2.24) is 0 Å². The third kappa shape index (κ3) is 2.29. The molecular formula is C15H13NO. The Hall–Kier alpha value is -2.27. The van der Waals surface area contributed by atoms with Crippen molar-refractivity contribution >= 4 is 0 Å². The lowest BCUT2D eigenvalue weighted by Gasteiger charge is -2.07. The summed E-state index contributed by atoms with van der Waals surface area (Å²) in [5, 5.41) is 9.12. The third-order valence-electron chi connectivity index (χ3n) is 2.68. The van der Waals surface area contributed by atoms with Gasteiger partial charge in [0.05, 0.1) is 18.7 Å². The fraction of sp³-hybridized carbons (Fsp3) is 0.133. The zero-order chi connectivity index (χ0) is 12.3. The van der Waals surface area contributed by atoms with Crippen LogP contribution in [-0.4, -0.2) is 7.11 Å². The molecule has 17 heavy (non-hydrogen) atoms. The first kappa shape index (κ1) is 11.2. The molecule has 0 aliphatic heterocycles. The van der Waals surface area contributed by atoms with Gasteiger partial charge in [-0.3, -0.25) is 0 Å². The van der Waals surface area contributed by atoms with Crippen molar-refractivity contribution in [2.45, 2.75) is 6.92 Å². The third-order valence-corrected chi connectivity index (χ3v) is 2.68. The molecule has 0 aliphatic carbocycles. The average Bonchev–Trinajstić information content (AvgIpc) is 2.39. The van der Waals surface area contributed by atoms with Gasteiger partial charge >= 0.3 is 0 Å². The molecular weight excluding hydrogens is 210 g/mol. The summed E-state index contributed by atoms with van der Waals surface area (Å²) in [5.74, 6) is 0.799. The SMILES string of the molecule is COc1cccc(-c2cc(C)ccc2C#N)c1. The number of benzene rings is 2. The van der Waals surface area contributed by atoms with Gasteiger partial charge < -0.3 is 4.74 Å². The van der Waals surface area contributed by atoms with E-state index in [1.807, 2.05) is 49.4 Å². The Morgan fingerprint density at radius 3 is 2.65 bits per heavy atom. The molecule has 0 N–H and O–H groups in total. The molecule has 0 heterocycles. The second-order valence-electron chi connectivity index (χ2n) is 3.89. The maximum Gasteiger partial charge on any atom is 0.119 e. The normalized spacial score (nSPS) is 9.71. The number of hydrogen-bond acceptors (Lipinski definition) is 2. The van der Waals surface area contributed by atoms with Gasteiger partial charge in [0.15, 0.2) is 0 Å². The van der Waals surface area contributed by atoms with Gasteiger partial charge in [0.1, 0.15) is 5.75 Å². The Kier molecular flexibility index (Phi) is 3.11. The van der Waals surface area contributed by atoms with Crippen molar-refractivity contribution in [2.24, 2.45) is 0 Å². The molecule has 0 unspecified atom stereocenters. The second kappa shape index (κ2) is 4.71. The molecule has 84 valence electrons. The van der Waals surface area contributed by atoms with Crippen molar-refractivity contribution in [3.05, 3.63) is 53.6 Å². The smallest absolute Gasteiger partial charge is 0.119 e. The van der Waals surface area contributed by atoms with Crippen molar-refractivity contribution < 1.29 is 4.74 Å². The highest BCUT2D eigenvalue weighted by atomic mass is 16.5. The predicted molar refractivity (Wildman–Crippen MR) is 67.9 cm³/mol. The van der Waals surface area contributed by atoms with E-state index in [4.69, 9.17) is 10.00 Å². The lowest BCUT2D eigenvalue weighted by Crippen LogP contribution is -1.88. The maximum absolute atomic E-state index is 9.12. The van der Waals surface area contributed by atoms with Gasteiger partial charge in [-0.25, -0.2) is 0 Å². The quantitative estimate of drug-likeness (QED) is 0.780. The molecule has 0 amide bonds. The Morgan fingerprint density at radius 1 is 1.12 bits per heavy atom. The molecule has 2 rings (SSSR count). The summed E-state index contributed by atoms with van der Waals surface area (Å²) < 4.78 is 5.20. The van der Waals surface area contributed by atoms with Crippen LogP contribution in [0.1, 0.15) is 11.1 Å². The lowest BCUT2D eigenvalue weighted by molar-refractivity contribution is 0.415. The number of nitrogens with zero attached hydrogens (tertiary/aromatic N) is 1. The molecule has 0 spiro atoms. The van der Waals surface area contributed by atoms with E-state index in [2.05, 4.69) is 6.07 Å². The Morgan fingerprint density at radius 2 is 1.94 bits per heavy atom. The molecule has 0 atom stereocenters. The zero-order valence-electron chi connectivity index (χ0n) is 9.90. The number of rotatable bonds is 2. The van der Waals surface area contributed by atoms with Crippen LogP contribution in [0.4, 0.5) is 0 Å². The Labute approximate surface area is 101 Å². The molecule has 2 heteroatoms. The van der Waals surface area contributed by atoms with Gasteiger partial charge in [0.2, 0.25) is 0 Å². The number of hydrogen-bond donors (Lipinski definition) is 0. The van der Waals surface area contributed by atoms with Crippen LogP contribution in [0.3, 0.4) is 0 Å². The van der Waals surface area contributed by atoms with E-state index >= 15 is 0 Å². The van der Waals surface area contributed by atoms with Crippen molar-refractivity contribution in [3.8, 4) is 22.9 Å². The molecule has 0 aliphatic rings. The minimum absolute atomic E-state index is 0.684. The lowest BCUT2D eigenvalue weighted by atomic mass is 9.98. The molecule has 2 aromatic rings. The largest absolute Gasteiger partial charge is 0.497 e. The highest BCUT2D eigenvalue weighted by Gasteiger charge is 2.05. The first-order chi connectivity index (χ1) is 8.24. The number of aryl methyl sites for hydroxylation is 1. The van der Waals surface area contributed by atoms with Crippen molar-refractivity contribution in [3.63, 3.8) is 0 Å². The fourth-order valence-corrected chi connectivity index (χ4v) is 1.79. The summed E-state index contributed by atoms with van der Waals surface area (Å²) in [6, 6.07) is 15.8. The van der Waals surface area contributed by atoms with E-state index in [1.165, 1.54) is 0 Å². The monoisotopic (exact) mass is 223 g/mol. The molecule has 0 saturated heterocycles. The van der Waals surface area contributed by atoms with Gasteiger partial charge in [-0.15, -0.1) is 0 Å². The Bertz CT molecular complexity index is 582. The second-order valence-corrected chi connectivity index (χ2v) is 3.89. The van der Waals surface area contributed by atoms with E-state index in [-0.39, 0.29) is 0 Å². The number of ether oxygens (including phenoxy) is 1. The Balaban J connectivity index is 2.59. The summed E-state index contributed by atoms with van der Waals surface area (Å²) in [7, 11) is 1.64. The van der Waals surface area contributed by atoms with E-state index in [0.717, 1.165) is 22.4 Å². The number of methoxy groups -OCH3 is 1. The van der Waals surface area contributed by atoms with E-state index < -0.39 is 0 Å². The first-order valence-electron chi connectivity index (χ1n) is 5.40. The number of nitriles is 1. The van der Waals surface area contributed by atoms with Crippen LogP contribution < -0.4 is 4.74 Å². The van der Waals surface area contributed by atoms with Crippen LogP contribution in [0, 0.1) is 18.3 Å². The summed E-state index contributed by atoms with van der Waals surface area (Å²) in [6.45, 7) is 2.02. The molecule has 2 aromatic carbocycles. The highest BCUT2D eigenvalue weighted by Crippen LogP contribution is 2.27. The molecule has 0 fully saturated rings. The average molecular weight is 223 g/mol. The van der Waals surface area contributed by atoms with Gasteiger partial charge in [-0.05, 0) is 36.2 Å².